The molecule has 1 aromatic heterocycles. The minimum atomic E-state index is 0.282. The van der Waals surface area contributed by atoms with Crippen LogP contribution in [0.5, 0.6) is 0 Å². The van der Waals surface area contributed by atoms with E-state index in [1.165, 1.54) is 0 Å². The van der Waals surface area contributed by atoms with Gasteiger partial charge in [0.2, 0.25) is 0 Å². The van der Waals surface area contributed by atoms with Gasteiger partial charge in [-0.15, -0.1) is 11.8 Å². The van der Waals surface area contributed by atoms with E-state index in [9.17, 15) is 0 Å². The van der Waals surface area contributed by atoms with Gasteiger partial charge in [-0.3, -0.25) is 0 Å². The molecule has 56 valence electrons. The molecule has 0 aliphatic rings. The fourth-order valence-electron chi connectivity index (χ4n) is 0.614. The molecule has 0 bridgehead atoms. The van der Waals surface area contributed by atoms with Crippen LogP contribution in [0.4, 0.5) is 0 Å². The summed E-state index contributed by atoms with van der Waals surface area (Å²) in [5.41, 5.74) is 0.282. The van der Waals surface area contributed by atoms with E-state index in [1.54, 1.807) is 24.0 Å². The molecule has 0 fully saturated rings. The highest BCUT2D eigenvalue weighted by Gasteiger charge is 2.00. The smallest absolute Gasteiger partial charge is 0.159 e. The van der Waals surface area contributed by atoms with Crippen molar-refractivity contribution in [2.45, 2.75) is 4.90 Å². The lowest BCUT2D eigenvalue weighted by molar-refractivity contribution is 1.20. The molecule has 0 radical (unpaired) electrons. The second-order valence-electron chi connectivity index (χ2n) is 1.82. The first kappa shape index (κ1) is 8.38. The average Bonchev–Trinajstić information content (AvgIpc) is 2.04. The fraction of sp³-hybridized carbons (Fsp3) is 0.143. The lowest BCUT2D eigenvalue weighted by atomic mass is 10.4. The largest absolute Gasteiger partial charge is 0.243 e. The maximum atomic E-state index is 8.48. The Hall–Kier alpha value is -0.720. The van der Waals surface area contributed by atoms with Crippen molar-refractivity contribution in [3.63, 3.8) is 0 Å². The summed E-state index contributed by atoms with van der Waals surface area (Å²) in [5, 5.41) is 8.89. The number of pyridine rings is 1. The van der Waals surface area contributed by atoms with Gasteiger partial charge < -0.3 is 0 Å². The summed E-state index contributed by atoms with van der Waals surface area (Å²) in [7, 11) is 0. The lowest BCUT2D eigenvalue weighted by Gasteiger charge is -1.96. The van der Waals surface area contributed by atoms with Crippen LogP contribution in [-0.4, -0.2) is 11.2 Å². The van der Waals surface area contributed by atoms with Gasteiger partial charge in [0, 0.05) is 11.1 Å². The molecule has 1 heterocycles. The Balaban J connectivity index is 3.12. The van der Waals surface area contributed by atoms with Gasteiger partial charge in [-0.25, -0.2) is 4.98 Å². The molecule has 1 aromatic rings. The topological polar surface area (TPSA) is 36.7 Å². The van der Waals surface area contributed by atoms with Gasteiger partial charge in [-0.2, -0.15) is 5.26 Å². The number of nitrogens with zero attached hydrogens (tertiary/aromatic N) is 2. The van der Waals surface area contributed by atoms with Crippen molar-refractivity contribution < 1.29 is 0 Å². The van der Waals surface area contributed by atoms with Crippen LogP contribution in [0.1, 0.15) is 5.69 Å². The average molecular weight is 185 g/mol. The Kier molecular flexibility index (Phi) is 2.75. The van der Waals surface area contributed by atoms with Gasteiger partial charge in [0.1, 0.15) is 6.07 Å². The van der Waals surface area contributed by atoms with Crippen LogP contribution < -0.4 is 0 Å². The van der Waals surface area contributed by atoms with Crippen LogP contribution in [0.25, 0.3) is 0 Å². The molecule has 0 spiro atoms. The Bertz CT molecular complexity index is 306. The van der Waals surface area contributed by atoms with Crippen LogP contribution in [0.3, 0.4) is 0 Å². The van der Waals surface area contributed by atoms with Crippen molar-refractivity contribution in [3.8, 4) is 6.07 Å². The zero-order chi connectivity index (χ0) is 8.27. The Morgan fingerprint density at radius 1 is 1.73 bits per heavy atom. The van der Waals surface area contributed by atoms with Gasteiger partial charge in [-0.05, 0) is 12.3 Å². The van der Waals surface area contributed by atoms with Gasteiger partial charge in [0.25, 0.3) is 0 Å². The molecule has 1 rings (SSSR count). The summed E-state index contributed by atoms with van der Waals surface area (Å²) in [5.74, 6) is 0. The van der Waals surface area contributed by atoms with E-state index in [2.05, 4.69) is 4.98 Å². The Morgan fingerprint density at radius 3 is 2.91 bits per heavy atom. The molecule has 2 nitrogen and oxygen atoms in total. The SMILES string of the molecule is CSc1cnc(C#N)c(Cl)c1. The monoisotopic (exact) mass is 184 g/mol. The van der Waals surface area contributed by atoms with Crippen LogP contribution in [0, 0.1) is 11.3 Å². The highest BCUT2D eigenvalue weighted by Crippen LogP contribution is 2.20. The van der Waals surface area contributed by atoms with E-state index >= 15 is 0 Å². The standard InChI is InChI=1S/C7H5ClN2S/c1-11-5-2-6(8)7(3-9)10-4-5/h2,4H,1H3. The zero-order valence-electron chi connectivity index (χ0n) is 5.84. The van der Waals surface area contributed by atoms with E-state index in [0.29, 0.717) is 5.02 Å². The predicted molar refractivity (Wildman–Crippen MR) is 45.7 cm³/mol. The minimum absolute atomic E-state index is 0.282. The molecule has 0 atom stereocenters. The highest BCUT2D eigenvalue weighted by atomic mass is 35.5. The summed E-state index contributed by atoms with van der Waals surface area (Å²) in [6.45, 7) is 0. The van der Waals surface area contributed by atoms with Crippen molar-refractivity contribution in [3.05, 3.63) is 23.0 Å². The molecular weight excluding hydrogens is 180 g/mol. The molecular formula is C7H5ClN2S. The van der Waals surface area contributed by atoms with Crippen molar-refractivity contribution in [1.82, 2.24) is 4.98 Å². The Labute approximate surface area is 74.2 Å². The summed E-state index contributed by atoms with van der Waals surface area (Å²) in [6.07, 6.45) is 3.56. The van der Waals surface area contributed by atoms with Crippen LogP contribution in [0.2, 0.25) is 5.02 Å². The fourth-order valence-corrected chi connectivity index (χ4v) is 1.28. The van der Waals surface area contributed by atoms with Crippen LogP contribution >= 0.6 is 23.4 Å². The molecule has 0 aliphatic heterocycles. The number of hydrogen-bond donors (Lipinski definition) is 0. The predicted octanol–water partition coefficient (Wildman–Crippen LogP) is 2.33. The second kappa shape index (κ2) is 3.61. The lowest BCUT2D eigenvalue weighted by Crippen LogP contribution is -1.83. The molecule has 0 N–H and O–H groups in total. The van der Waals surface area contributed by atoms with E-state index < -0.39 is 0 Å². The molecule has 0 aliphatic carbocycles. The summed E-state index contributed by atoms with van der Waals surface area (Å²) in [6, 6.07) is 3.63. The van der Waals surface area contributed by atoms with Crippen molar-refractivity contribution >= 4 is 23.4 Å². The molecule has 0 amide bonds. The number of rotatable bonds is 1. The molecule has 0 saturated heterocycles. The molecule has 0 saturated carbocycles. The van der Waals surface area contributed by atoms with E-state index in [4.69, 9.17) is 16.9 Å². The van der Waals surface area contributed by atoms with Crippen molar-refractivity contribution in [2.24, 2.45) is 0 Å². The van der Waals surface area contributed by atoms with Crippen LogP contribution in [-0.2, 0) is 0 Å². The molecule has 0 unspecified atom stereocenters. The summed E-state index contributed by atoms with van der Waals surface area (Å²) >= 11 is 7.26. The van der Waals surface area contributed by atoms with Crippen LogP contribution in [0.15, 0.2) is 17.2 Å². The zero-order valence-corrected chi connectivity index (χ0v) is 7.41. The number of aromatic nitrogens is 1. The molecule has 0 aromatic carbocycles. The first-order chi connectivity index (χ1) is 5.27. The first-order valence-electron chi connectivity index (χ1n) is 2.87. The third-order valence-corrected chi connectivity index (χ3v) is 2.14. The van der Waals surface area contributed by atoms with E-state index in [1.807, 2.05) is 12.3 Å². The van der Waals surface area contributed by atoms with Crippen molar-refractivity contribution in [1.29, 1.82) is 5.26 Å². The minimum Gasteiger partial charge on any atom is -0.243 e. The summed E-state index contributed by atoms with van der Waals surface area (Å²) in [4.78, 5) is 4.82. The number of thioether (sulfide) groups is 1. The number of hydrogen-bond acceptors (Lipinski definition) is 3. The quantitative estimate of drug-likeness (QED) is 0.629. The molecule has 4 heteroatoms. The maximum Gasteiger partial charge on any atom is 0.159 e. The highest BCUT2D eigenvalue weighted by molar-refractivity contribution is 7.98. The number of nitriles is 1. The Morgan fingerprint density at radius 2 is 2.45 bits per heavy atom. The van der Waals surface area contributed by atoms with Crippen molar-refractivity contribution in [2.75, 3.05) is 6.26 Å². The third-order valence-electron chi connectivity index (χ3n) is 1.16. The maximum absolute atomic E-state index is 8.48. The van der Waals surface area contributed by atoms with Gasteiger partial charge in [0.15, 0.2) is 5.69 Å². The van der Waals surface area contributed by atoms with E-state index in [0.717, 1.165) is 4.90 Å². The normalized spacial score (nSPS) is 9.18. The van der Waals surface area contributed by atoms with Gasteiger partial charge in [0.05, 0.1) is 5.02 Å². The number of halogens is 1. The first-order valence-corrected chi connectivity index (χ1v) is 4.48. The van der Waals surface area contributed by atoms with E-state index in [-0.39, 0.29) is 5.69 Å². The third kappa shape index (κ3) is 1.86. The second-order valence-corrected chi connectivity index (χ2v) is 3.10. The van der Waals surface area contributed by atoms with Gasteiger partial charge >= 0.3 is 0 Å². The summed E-state index contributed by atoms with van der Waals surface area (Å²) < 4.78 is 0. The van der Waals surface area contributed by atoms with Gasteiger partial charge in [-0.1, -0.05) is 11.6 Å². The molecule has 11 heavy (non-hydrogen) atoms.